The van der Waals surface area contributed by atoms with Gasteiger partial charge in [-0.2, -0.15) is 0 Å². The standard InChI is InChI=1S/C21H20N2O6/c1-26-16-7-14-15(8-17(16)27-2)21(25)23(20(14)24)10-22-4-3-12-5-18-19(29-11-28-18)6-13(12)9-22/h5-8H,3-4,9-11H2,1-2H3. The molecule has 0 saturated carbocycles. The van der Waals surface area contributed by atoms with E-state index in [9.17, 15) is 9.59 Å². The smallest absolute Gasteiger partial charge is 0.262 e. The second-order valence-electron chi connectivity index (χ2n) is 7.21. The maximum atomic E-state index is 12.9. The zero-order valence-electron chi connectivity index (χ0n) is 16.2. The Kier molecular flexibility index (Phi) is 4.09. The largest absolute Gasteiger partial charge is 0.493 e. The summed E-state index contributed by atoms with van der Waals surface area (Å²) in [5.41, 5.74) is 3.02. The zero-order valence-corrected chi connectivity index (χ0v) is 16.2. The SMILES string of the molecule is COc1cc2c(cc1OC)C(=O)N(CN1CCc3cc4c(cc3C1)OCO4)C2=O. The van der Waals surface area contributed by atoms with Gasteiger partial charge in [0.2, 0.25) is 6.79 Å². The van der Waals surface area contributed by atoms with Gasteiger partial charge in [-0.05, 0) is 41.8 Å². The summed E-state index contributed by atoms with van der Waals surface area (Å²) in [6.45, 7) is 1.84. The van der Waals surface area contributed by atoms with Crippen molar-refractivity contribution in [2.45, 2.75) is 13.0 Å². The average Bonchev–Trinajstić information content (AvgIpc) is 3.28. The number of ether oxygens (including phenoxy) is 4. The minimum Gasteiger partial charge on any atom is -0.493 e. The van der Waals surface area contributed by atoms with Gasteiger partial charge in [0.15, 0.2) is 23.0 Å². The van der Waals surface area contributed by atoms with Crippen molar-refractivity contribution in [3.63, 3.8) is 0 Å². The van der Waals surface area contributed by atoms with E-state index in [-0.39, 0.29) is 25.3 Å². The number of hydrogen-bond acceptors (Lipinski definition) is 7. The Labute approximate surface area is 167 Å². The van der Waals surface area contributed by atoms with Crippen LogP contribution in [0.15, 0.2) is 24.3 Å². The molecule has 5 rings (SSSR count). The number of methoxy groups -OCH3 is 2. The Morgan fingerprint density at radius 3 is 2.07 bits per heavy atom. The Morgan fingerprint density at radius 1 is 0.897 bits per heavy atom. The Bertz CT molecular complexity index is 991. The van der Waals surface area contributed by atoms with Crippen molar-refractivity contribution in [1.29, 1.82) is 0 Å². The van der Waals surface area contributed by atoms with Crippen LogP contribution in [0.5, 0.6) is 23.0 Å². The van der Waals surface area contributed by atoms with Gasteiger partial charge in [-0.15, -0.1) is 0 Å². The molecule has 0 radical (unpaired) electrons. The minimum absolute atomic E-state index is 0.227. The van der Waals surface area contributed by atoms with Crippen molar-refractivity contribution in [3.8, 4) is 23.0 Å². The summed E-state index contributed by atoms with van der Waals surface area (Å²) in [6, 6.07) is 7.15. The highest BCUT2D eigenvalue weighted by atomic mass is 16.7. The molecule has 0 aliphatic carbocycles. The number of fused-ring (bicyclic) bond motifs is 3. The maximum absolute atomic E-state index is 12.9. The highest BCUT2D eigenvalue weighted by molar-refractivity contribution is 6.21. The molecule has 0 spiro atoms. The van der Waals surface area contributed by atoms with Crippen molar-refractivity contribution in [2.24, 2.45) is 0 Å². The number of imide groups is 1. The number of nitrogens with zero attached hydrogens (tertiary/aromatic N) is 2. The van der Waals surface area contributed by atoms with E-state index in [1.54, 1.807) is 12.1 Å². The van der Waals surface area contributed by atoms with E-state index in [4.69, 9.17) is 18.9 Å². The van der Waals surface area contributed by atoms with E-state index in [1.165, 1.54) is 24.7 Å². The van der Waals surface area contributed by atoms with Gasteiger partial charge in [-0.3, -0.25) is 19.4 Å². The number of benzene rings is 2. The molecule has 3 aliphatic rings. The summed E-state index contributed by atoms with van der Waals surface area (Å²) in [6.07, 6.45) is 0.816. The number of amides is 2. The van der Waals surface area contributed by atoms with E-state index >= 15 is 0 Å². The van der Waals surface area contributed by atoms with Crippen LogP contribution in [-0.4, -0.2) is 55.8 Å². The Balaban J connectivity index is 1.37. The molecule has 150 valence electrons. The molecule has 8 nitrogen and oxygen atoms in total. The highest BCUT2D eigenvalue weighted by Crippen LogP contribution is 2.38. The molecule has 2 aromatic rings. The monoisotopic (exact) mass is 396 g/mol. The van der Waals surface area contributed by atoms with Crippen LogP contribution in [0.1, 0.15) is 31.8 Å². The van der Waals surface area contributed by atoms with Crippen molar-refractivity contribution < 1.29 is 28.5 Å². The normalized spacial score (nSPS) is 17.4. The summed E-state index contributed by atoms with van der Waals surface area (Å²) >= 11 is 0. The first-order valence-corrected chi connectivity index (χ1v) is 9.35. The van der Waals surface area contributed by atoms with E-state index in [2.05, 4.69) is 4.90 Å². The fourth-order valence-corrected chi connectivity index (χ4v) is 4.07. The quantitative estimate of drug-likeness (QED) is 0.732. The minimum atomic E-state index is -0.317. The van der Waals surface area contributed by atoms with E-state index in [0.717, 1.165) is 30.0 Å². The number of carbonyl (C=O) groups excluding carboxylic acids is 2. The molecule has 0 atom stereocenters. The van der Waals surface area contributed by atoms with Gasteiger partial charge in [0.1, 0.15) is 0 Å². The van der Waals surface area contributed by atoms with Gasteiger partial charge in [0.05, 0.1) is 32.0 Å². The van der Waals surface area contributed by atoms with Crippen LogP contribution in [0.2, 0.25) is 0 Å². The lowest BCUT2D eigenvalue weighted by atomic mass is 9.99. The van der Waals surface area contributed by atoms with Crippen LogP contribution in [-0.2, 0) is 13.0 Å². The molecule has 3 aliphatic heterocycles. The molecular weight excluding hydrogens is 376 g/mol. The van der Waals surface area contributed by atoms with Crippen molar-refractivity contribution in [3.05, 3.63) is 46.5 Å². The Morgan fingerprint density at radius 2 is 1.48 bits per heavy atom. The summed E-state index contributed by atoms with van der Waals surface area (Å²) in [5.74, 6) is 1.74. The van der Waals surface area contributed by atoms with Gasteiger partial charge in [-0.25, -0.2) is 0 Å². The van der Waals surface area contributed by atoms with Crippen LogP contribution in [0, 0.1) is 0 Å². The first-order chi connectivity index (χ1) is 14.1. The predicted octanol–water partition coefficient (Wildman–Crippen LogP) is 2.04. The molecular formula is C21H20N2O6. The molecule has 0 saturated heterocycles. The second kappa shape index (κ2) is 6.66. The number of carbonyl (C=O) groups is 2. The maximum Gasteiger partial charge on any atom is 0.262 e. The lowest BCUT2D eigenvalue weighted by molar-refractivity contribution is 0.0525. The lowest BCUT2D eigenvalue weighted by Crippen LogP contribution is -2.43. The first-order valence-electron chi connectivity index (χ1n) is 9.35. The van der Waals surface area contributed by atoms with E-state index in [0.29, 0.717) is 29.2 Å². The third-order valence-corrected chi connectivity index (χ3v) is 5.60. The van der Waals surface area contributed by atoms with E-state index in [1.807, 2.05) is 12.1 Å². The molecule has 0 aromatic heterocycles. The summed E-state index contributed by atoms with van der Waals surface area (Å²) in [4.78, 5) is 29.1. The third-order valence-electron chi connectivity index (χ3n) is 5.60. The van der Waals surface area contributed by atoms with Gasteiger partial charge in [0, 0.05) is 13.1 Å². The van der Waals surface area contributed by atoms with Crippen LogP contribution < -0.4 is 18.9 Å². The molecule has 0 fully saturated rings. The fourth-order valence-electron chi connectivity index (χ4n) is 4.07. The molecule has 0 bridgehead atoms. The Hall–Kier alpha value is -3.26. The fraction of sp³-hybridized carbons (Fsp3) is 0.333. The molecule has 0 unspecified atom stereocenters. The van der Waals surface area contributed by atoms with Crippen LogP contribution in [0.25, 0.3) is 0 Å². The van der Waals surface area contributed by atoms with Gasteiger partial charge in [0.25, 0.3) is 11.8 Å². The summed E-state index contributed by atoms with van der Waals surface area (Å²) in [7, 11) is 3.00. The van der Waals surface area contributed by atoms with Crippen LogP contribution in [0.4, 0.5) is 0 Å². The third kappa shape index (κ3) is 2.79. The lowest BCUT2D eigenvalue weighted by Gasteiger charge is -2.31. The second-order valence-corrected chi connectivity index (χ2v) is 7.21. The topological polar surface area (TPSA) is 77.5 Å². The van der Waals surface area contributed by atoms with Crippen LogP contribution >= 0.6 is 0 Å². The molecule has 8 heteroatoms. The van der Waals surface area contributed by atoms with Gasteiger partial charge < -0.3 is 18.9 Å². The molecule has 29 heavy (non-hydrogen) atoms. The number of rotatable bonds is 4. The molecule has 2 aromatic carbocycles. The first kappa shape index (κ1) is 17.8. The van der Waals surface area contributed by atoms with Crippen molar-refractivity contribution >= 4 is 11.8 Å². The summed E-state index contributed by atoms with van der Waals surface area (Å²) < 4.78 is 21.4. The zero-order chi connectivity index (χ0) is 20.1. The average molecular weight is 396 g/mol. The predicted molar refractivity (Wildman–Crippen MR) is 102 cm³/mol. The molecule has 2 amide bonds. The number of hydrogen-bond donors (Lipinski definition) is 0. The van der Waals surface area contributed by atoms with Gasteiger partial charge >= 0.3 is 0 Å². The van der Waals surface area contributed by atoms with Gasteiger partial charge in [-0.1, -0.05) is 0 Å². The van der Waals surface area contributed by atoms with Crippen LogP contribution in [0.3, 0.4) is 0 Å². The highest BCUT2D eigenvalue weighted by Gasteiger charge is 2.38. The van der Waals surface area contributed by atoms with Crippen molar-refractivity contribution in [2.75, 3.05) is 34.2 Å². The molecule has 3 heterocycles. The van der Waals surface area contributed by atoms with Crippen molar-refractivity contribution in [1.82, 2.24) is 9.80 Å². The van der Waals surface area contributed by atoms with E-state index < -0.39 is 0 Å². The molecule has 0 N–H and O–H groups in total. The summed E-state index contributed by atoms with van der Waals surface area (Å²) in [5, 5.41) is 0.